The van der Waals surface area contributed by atoms with Crippen LogP contribution >= 0.6 is 0 Å². The van der Waals surface area contributed by atoms with Gasteiger partial charge in [-0.15, -0.1) is 0 Å². The van der Waals surface area contributed by atoms with E-state index in [4.69, 9.17) is 4.74 Å². The molecule has 0 atom stereocenters. The molecule has 2 aromatic rings. The second-order valence-corrected chi connectivity index (χ2v) is 10.8. The number of rotatable bonds is 15. The number of hydrogen-bond donors (Lipinski definition) is 0. The van der Waals surface area contributed by atoms with Crippen LogP contribution in [0, 0.1) is 0 Å². The van der Waals surface area contributed by atoms with Gasteiger partial charge in [0.2, 0.25) is 0 Å². The van der Waals surface area contributed by atoms with Gasteiger partial charge in [-0.1, -0.05) is 115 Å². The minimum atomic E-state index is -0.268. The highest BCUT2D eigenvalue weighted by Crippen LogP contribution is 2.43. The van der Waals surface area contributed by atoms with Gasteiger partial charge < -0.3 is 4.74 Å². The first kappa shape index (κ1) is 27.5. The third-order valence-corrected chi connectivity index (χ3v) is 8.01. The zero-order valence-corrected chi connectivity index (χ0v) is 22.5. The minimum absolute atomic E-state index is 0.268. The molecule has 1 aliphatic carbocycles. The van der Waals surface area contributed by atoms with Crippen molar-refractivity contribution in [2.75, 3.05) is 0 Å². The lowest BCUT2D eigenvalue weighted by atomic mass is 9.66. The number of carbonyl (C=O) groups excluding carboxylic acids is 1. The molecule has 0 unspecified atom stereocenters. The van der Waals surface area contributed by atoms with Crippen LogP contribution in [0.2, 0.25) is 0 Å². The van der Waals surface area contributed by atoms with Crippen LogP contribution < -0.4 is 4.74 Å². The Hall–Kier alpha value is -2.09. The van der Waals surface area contributed by atoms with Gasteiger partial charge in [-0.2, -0.15) is 0 Å². The molecule has 0 heterocycles. The van der Waals surface area contributed by atoms with Crippen molar-refractivity contribution in [3.8, 4) is 5.75 Å². The first-order valence-corrected chi connectivity index (χ1v) is 14.6. The van der Waals surface area contributed by atoms with E-state index in [0.29, 0.717) is 16.7 Å². The van der Waals surface area contributed by atoms with Crippen LogP contribution in [0.1, 0.15) is 138 Å². The monoisotopic (exact) mass is 476 g/mol. The van der Waals surface area contributed by atoms with Crippen molar-refractivity contribution in [1.82, 2.24) is 0 Å². The van der Waals surface area contributed by atoms with E-state index in [0.717, 1.165) is 6.42 Å². The summed E-state index contributed by atoms with van der Waals surface area (Å²) in [5.74, 6) is 0.377. The standard InChI is InChI=1S/C33H48O2/c1-3-5-7-9-10-12-16-28-17-19-29(20-18-28)32(34)35-31-23-21-30(22-24-31)33(25-13-8-6-4-2)26-14-11-15-27-33/h17-24H,3-16,25-27H2,1-2H3. The highest BCUT2D eigenvalue weighted by Gasteiger charge is 2.33. The predicted octanol–water partition coefficient (Wildman–Crippen LogP) is 9.98. The van der Waals surface area contributed by atoms with Crippen molar-refractivity contribution in [2.45, 2.75) is 128 Å². The fourth-order valence-corrected chi connectivity index (χ4v) is 5.76. The predicted molar refractivity (Wildman–Crippen MR) is 148 cm³/mol. The molecule has 0 amide bonds. The molecule has 192 valence electrons. The highest BCUT2D eigenvalue weighted by atomic mass is 16.5. The molecule has 0 N–H and O–H groups in total. The molecule has 35 heavy (non-hydrogen) atoms. The van der Waals surface area contributed by atoms with Crippen molar-refractivity contribution >= 4 is 5.97 Å². The van der Waals surface area contributed by atoms with Crippen molar-refractivity contribution in [3.05, 3.63) is 65.2 Å². The molecular formula is C33H48O2. The Bertz CT molecular complexity index is 844. The van der Waals surface area contributed by atoms with E-state index >= 15 is 0 Å². The molecular weight excluding hydrogens is 428 g/mol. The summed E-state index contributed by atoms with van der Waals surface area (Å²) in [7, 11) is 0. The zero-order chi connectivity index (χ0) is 24.8. The second-order valence-electron chi connectivity index (χ2n) is 10.8. The molecule has 0 bridgehead atoms. The molecule has 0 saturated heterocycles. The van der Waals surface area contributed by atoms with Crippen molar-refractivity contribution in [3.63, 3.8) is 0 Å². The fourth-order valence-electron chi connectivity index (χ4n) is 5.76. The van der Waals surface area contributed by atoms with Crippen LogP contribution in [0.3, 0.4) is 0 Å². The Labute approximate surface area is 214 Å². The first-order chi connectivity index (χ1) is 17.2. The Morgan fingerprint density at radius 1 is 0.714 bits per heavy atom. The summed E-state index contributed by atoms with van der Waals surface area (Å²) in [6.07, 6.45) is 22.1. The normalized spacial score (nSPS) is 15.1. The minimum Gasteiger partial charge on any atom is -0.423 e. The molecule has 2 aromatic carbocycles. The largest absolute Gasteiger partial charge is 0.423 e. The van der Waals surface area contributed by atoms with Gasteiger partial charge in [0.1, 0.15) is 5.75 Å². The molecule has 1 fully saturated rings. The summed E-state index contributed by atoms with van der Waals surface area (Å²) in [5.41, 5.74) is 3.69. The van der Waals surface area contributed by atoms with E-state index in [1.165, 1.54) is 114 Å². The summed E-state index contributed by atoms with van der Waals surface area (Å²) in [6, 6.07) is 16.4. The number of esters is 1. The lowest BCUT2D eigenvalue weighted by Crippen LogP contribution is -2.29. The van der Waals surface area contributed by atoms with Gasteiger partial charge in [-0.05, 0) is 72.9 Å². The summed E-state index contributed by atoms with van der Waals surface area (Å²) in [5, 5.41) is 0. The van der Waals surface area contributed by atoms with Crippen molar-refractivity contribution in [2.24, 2.45) is 0 Å². The van der Waals surface area contributed by atoms with Gasteiger partial charge in [0.05, 0.1) is 5.56 Å². The van der Waals surface area contributed by atoms with E-state index in [9.17, 15) is 4.79 Å². The number of carbonyl (C=O) groups is 1. The van der Waals surface area contributed by atoms with Crippen molar-refractivity contribution < 1.29 is 9.53 Å². The van der Waals surface area contributed by atoms with Crippen LogP contribution in [0.4, 0.5) is 0 Å². The van der Waals surface area contributed by atoms with Crippen LogP contribution in [0.5, 0.6) is 5.75 Å². The summed E-state index contributed by atoms with van der Waals surface area (Å²) < 4.78 is 5.73. The molecule has 1 aliphatic rings. The maximum absolute atomic E-state index is 12.7. The maximum atomic E-state index is 12.7. The van der Waals surface area contributed by atoms with E-state index in [2.05, 4.69) is 38.1 Å². The Balaban J connectivity index is 1.52. The Kier molecular flexibility index (Phi) is 11.9. The topological polar surface area (TPSA) is 26.3 Å². The maximum Gasteiger partial charge on any atom is 0.343 e. The van der Waals surface area contributed by atoms with Gasteiger partial charge in [0.25, 0.3) is 0 Å². The van der Waals surface area contributed by atoms with Crippen LogP contribution in [-0.4, -0.2) is 5.97 Å². The average molecular weight is 477 g/mol. The van der Waals surface area contributed by atoms with E-state index in [1.54, 1.807) is 0 Å². The van der Waals surface area contributed by atoms with Gasteiger partial charge in [0, 0.05) is 0 Å². The third kappa shape index (κ3) is 8.81. The van der Waals surface area contributed by atoms with Gasteiger partial charge in [-0.25, -0.2) is 4.79 Å². The first-order valence-electron chi connectivity index (χ1n) is 14.6. The molecule has 3 rings (SSSR count). The Morgan fingerprint density at radius 3 is 1.97 bits per heavy atom. The zero-order valence-electron chi connectivity index (χ0n) is 22.5. The molecule has 0 aliphatic heterocycles. The van der Waals surface area contributed by atoms with E-state index < -0.39 is 0 Å². The average Bonchev–Trinajstić information content (AvgIpc) is 2.90. The quantitative estimate of drug-likeness (QED) is 0.145. The summed E-state index contributed by atoms with van der Waals surface area (Å²) >= 11 is 0. The third-order valence-electron chi connectivity index (χ3n) is 8.01. The molecule has 0 aromatic heterocycles. The molecule has 0 spiro atoms. The summed E-state index contributed by atoms with van der Waals surface area (Å²) in [4.78, 5) is 12.7. The SMILES string of the molecule is CCCCCCCCc1ccc(C(=O)Oc2ccc(C3(CCCCCC)CCCCC3)cc2)cc1. The van der Waals surface area contributed by atoms with Crippen LogP contribution in [-0.2, 0) is 11.8 Å². The molecule has 0 radical (unpaired) electrons. The fraction of sp³-hybridized carbons (Fsp3) is 0.606. The van der Waals surface area contributed by atoms with E-state index in [1.807, 2.05) is 24.3 Å². The molecule has 1 saturated carbocycles. The number of aryl methyl sites for hydroxylation is 1. The molecule has 2 heteroatoms. The van der Waals surface area contributed by atoms with E-state index in [-0.39, 0.29) is 5.97 Å². The van der Waals surface area contributed by atoms with Gasteiger partial charge in [0.15, 0.2) is 0 Å². The Morgan fingerprint density at radius 2 is 1.31 bits per heavy atom. The number of ether oxygens (including phenoxy) is 1. The smallest absolute Gasteiger partial charge is 0.343 e. The summed E-state index contributed by atoms with van der Waals surface area (Å²) in [6.45, 7) is 4.53. The van der Waals surface area contributed by atoms with Gasteiger partial charge >= 0.3 is 5.97 Å². The van der Waals surface area contributed by atoms with Crippen LogP contribution in [0.25, 0.3) is 0 Å². The highest BCUT2D eigenvalue weighted by molar-refractivity contribution is 5.91. The second kappa shape index (κ2) is 15.1. The lowest BCUT2D eigenvalue weighted by Gasteiger charge is -2.38. The van der Waals surface area contributed by atoms with Crippen LogP contribution in [0.15, 0.2) is 48.5 Å². The van der Waals surface area contributed by atoms with Gasteiger partial charge in [-0.3, -0.25) is 0 Å². The number of benzene rings is 2. The number of unbranched alkanes of at least 4 members (excludes halogenated alkanes) is 8. The molecule has 2 nitrogen and oxygen atoms in total. The number of hydrogen-bond acceptors (Lipinski definition) is 2. The van der Waals surface area contributed by atoms with Crippen molar-refractivity contribution in [1.29, 1.82) is 0 Å². The lowest BCUT2D eigenvalue weighted by molar-refractivity contribution is 0.0734.